The molecule has 2 fully saturated rings. The van der Waals surface area contributed by atoms with Gasteiger partial charge in [0.25, 0.3) is 0 Å². The van der Waals surface area contributed by atoms with Gasteiger partial charge in [-0.3, -0.25) is 4.90 Å². The largest absolute Gasteiger partial charge is 0.382 e. The predicted octanol–water partition coefficient (Wildman–Crippen LogP) is 3.82. The topological polar surface area (TPSA) is 70.8 Å². The van der Waals surface area contributed by atoms with Crippen molar-refractivity contribution in [1.82, 2.24) is 19.9 Å². The van der Waals surface area contributed by atoms with Crippen molar-refractivity contribution < 1.29 is 0 Å². The molecule has 0 amide bonds. The molecule has 136 valence electrons. The highest BCUT2D eigenvalue weighted by atomic mass is 32.2. The predicted molar refractivity (Wildman–Crippen MR) is 106 cm³/mol. The van der Waals surface area contributed by atoms with Crippen LogP contribution in [0.25, 0.3) is 11.0 Å². The second-order valence-electron chi connectivity index (χ2n) is 7.63. The number of nitrogens with two attached hydrogens (primary N) is 1. The van der Waals surface area contributed by atoms with Gasteiger partial charge < -0.3 is 10.7 Å². The fourth-order valence-electron chi connectivity index (χ4n) is 4.25. The van der Waals surface area contributed by atoms with Crippen molar-refractivity contribution in [1.29, 1.82) is 0 Å². The Balaban J connectivity index is 1.29. The summed E-state index contributed by atoms with van der Waals surface area (Å²) in [4.78, 5) is 14.3. The van der Waals surface area contributed by atoms with Crippen LogP contribution in [0.2, 0.25) is 0 Å². The van der Waals surface area contributed by atoms with Crippen molar-refractivity contribution in [2.75, 3.05) is 24.6 Å². The highest BCUT2D eigenvalue weighted by Gasteiger charge is 2.25. The molecule has 3 N–H and O–H groups in total. The van der Waals surface area contributed by atoms with Crippen LogP contribution in [0.4, 0.5) is 5.82 Å². The van der Waals surface area contributed by atoms with Crippen molar-refractivity contribution in [2.24, 2.45) is 5.92 Å². The third-order valence-corrected chi connectivity index (χ3v) is 7.31. The molecule has 1 saturated heterocycles. The van der Waals surface area contributed by atoms with E-state index in [2.05, 4.69) is 31.6 Å². The number of nitrogens with one attached hydrogen (secondary N) is 1. The summed E-state index contributed by atoms with van der Waals surface area (Å²) in [6, 6.07) is 0. The maximum atomic E-state index is 5.92. The number of nitrogen functional groups attached to an aromatic ring is 1. The normalized spacial score (nSPS) is 23.3. The molecule has 2 aromatic rings. The van der Waals surface area contributed by atoms with Crippen LogP contribution < -0.4 is 5.73 Å². The van der Waals surface area contributed by atoms with Gasteiger partial charge in [-0.1, -0.05) is 25.7 Å². The molecular weight excluding hydrogens is 330 g/mol. The highest BCUT2D eigenvalue weighted by Crippen LogP contribution is 2.31. The van der Waals surface area contributed by atoms with Gasteiger partial charge in [-0.05, 0) is 37.5 Å². The molecule has 5 nitrogen and oxygen atoms in total. The Bertz CT molecular complexity index is 692. The van der Waals surface area contributed by atoms with Crippen molar-refractivity contribution >= 4 is 28.6 Å². The average Bonchev–Trinajstić information content (AvgIpc) is 3.14. The molecule has 1 aliphatic heterocycles. The van der Waals surface area contributed by atoms with E-state index in [4.69, 9.17) is 5.73 Å². The lowest BCUT2D eigenvalue weighted by Gasteiger charge is -2.18. The average molecular weight is 360 g/mol. The maximum absolute atomic E-state index is 5.92. The second kappa shape index (κ2) is 7.96. The molecule has 1 aliphatic carbocycles. The van der Waals surface area contributed by atoms with Crippen LogP contribution in [-0.4, -0.2) is 43.9 Å². The number of nitrogens with zero attached hydrogens (tertiary/aromatic N) is 3. The van der Waals surface area contributed by atoms with E-state index in [0.717, 1.165) is 28.7 Å². The third kappa shape index (κ3) is 4.11. The van der Waals surface area contributed by atoms with E-state index < -0.39 is 0 Å². The maximum Gasteiger partial charge on any atom is 0.151 e. The summed E-state index contributed by atoms with van der Waals surface area (Å²) in [5, 5.41) is 0.921. The first-order valence-electron chi connectivity index (χ1n) is 9.70. The fourth-order valence-corrected chi connectivity index (χ4v) is 5.73. The lowest BCUT2D eigenvalue weighted by molar-refractivity contribution is 0.322. The van der Waals surface area contributed by atoms with Crippen LogP contribution >= 0.6 is 11.8 Å². The Morgan fingerprint density at radius 3 is 2.84 bits per heavy atom. The van der Waals surface area contributed by atoms with Crippen LogP contribution in [0.1, 0.15) is 50.5 Å². The number of hydrogen-bond donors (Lipinski definition) is 2. The van der Waals surface area contributed by atoms with Crippen LogP contribution in [0.15, 0.2) is 12.5 Å². The van der Waals surface area contributed by atoms with E-state index >= 15 is 0 Å². The number of rotatable bonds is 5. The minimum atomic E-state index is 0.537. The second-order valence-corrected chi connectivity index (χ2v) is 8.97. The molecule has 1 saturated carbocycles. The molecule has 4 rings (SSSR count). The molecule has 0 bridgehead atoms. The summed E-state index contributed by atoms with van der Waals surface area (Å²) in [6.07, 6.45) is 13.6. The van der Waals surface area contributed by atoms with Gasteiger partial charge in [0, 0.05) is 30.1 Å². The summed E-state index contributed by atoms with van der Waals surface area (Å²) in [7, 11) is 0. The molecule has 25 heavy (non-hydrogen) atoms. The first kappa shape index (κ1) is 17.2. The van der Waals surface area contributed by atoms with Gasteiger partial charge in [-0.25, -0.2) is 9.97 Å². The summed E-state index contributed by atoms with van der Waals surface area (Å²) in [5.41, 5.74) is 9.01. The zero-order valence-electron chi connectivity index (χ0n) is 14.9. The lowest BCUT2D eigenvalue weighted by Crippen LogP contribution is -2.21. The summed E-state index contributed by atoms with van der Waals surface area (Å²) >= 11 is 2.25. The van der Waals surface area contributed by atoms with Gasteiger partial charge in [0.2, 0.25) is 0 Å². The number of aromatic nitrogens is 3. The number of H-pyrrole nitrogens is 1. The van der Waals surface area contributed by atoms with Crippen molar-refractivity contribution in [3.8, 4) is 0 Å². The summed E-state index contributed by atoms with van der Waals surface area (Å²) in [6.45, 7) is 3.37. The molecule has 1 unspecified atom stereocenters. The van der Waals surface area contributed by atoms with Crippen molar-refractivity contribution in [3.63, 3.8) is 0 Å². The molecule has 0 spiro atoms. The number of aromatic amines is 1. The van der Waals surface area contributed by atoms with Crippen LogP contribution in [0, 0.1) is 5.92 Å². The fraction of sp³-hybridized carbons (Fsp3) is 0.684. The Kier molecular flexibility index (Phi) is 5.46. The summed E-state index contributed by atoms with van der Waals surface area (Å²) < 4.78 is 0. The summed E-state index contributed by atoms with van der Waals surface area (Å²) in [5.74, 6) is 2.72. The Morgan fingerprint density at radius 2 is 2.00 bits per heavy atom. The van der Waals surface area contributed by atoms with Crippen molar-refractivity contribution in [3.05, 3.63) is 18.1 Å². The quantitative estimate of drug-likeness (QED) is 0.794. The lowest BCUT2D eigenvalue weighted by atomic mass is 10.2. The Labute approximate surface area is 154 Å². The minimum absolute atomic E-state index is 0.537. The third-order valence-electron chi connectivity index (χ3n) is 5.71. The number of anilines is 1. The van der Waals surface area contributed by atoms with Crippen LogP contribution in [0.3, 0.4) is 0 Å². The number of fused-ring (bicyclic) bond motifs is 1. The molecule has 2 aromatic heterocycles. The number of thioether (sulfide) groups is 1. The highest BCUT2D eigenvalue weighted by molar-refractivity contribution is 7.99. The van der Waals surface area contributed by atoms with Gasteiger partial charge >= 0.3 is 0 Å². The molecule has 3 heterocycles. The molecule has 2 aliphatic rings. The number of likely N-dealkylation sites (tertiary alicyclic amines) is 1. The Hall–Kier alpha value is -1.27. The van der Waals surface area contributed by atoms with Crippen molar-refractivity contribution in [2.45, 2.75) is 56.7 Å². The monoisotopic (exact) mass is 359 g/mol. The zero-order chi connectivity index (χ0) is 17.1. The molecule has 0 radical (unpaired) electrons. The van der Waals surface area contributed by atoms with Crippen LogP contribution in [0.5, 0.6) is 0 Å². The molecule has 6 heteroatoms. The van der Waals surface area contributed by atoms with Crippen LogP contribution in [-0.2, 0) is 6.54 Å². The zero-order valence-corrected chi connectivity index (χ0v) is 15.7. The van der Waals surface area contributed by atoms with Gasteiger partial charge in [0.15, 0.2) is 5.82 Å². The smallest absolute Gasteiger partial charge is 0.151 e. The Morgan fingerprint density at radius 1 is 1.16 bits per heavy atom. The minimum Gasteiger partial charge on any atom is -0.382 e. The first-order chi connectivity index (χ1) is 12.3. The van der Waals surface area contributed by atoms with Gasteiger partial charge in [-0.15, -0.1) is 0 Å². The van der Waals surface area contributed by atoms with E-state index in [-0.39, 0.29) is 0 Å². The van der Waals surface area contributed by atoms with E-state index in [1.807, 2.05) is 6.20 Å². The molecule has 0 aromatic carbocycles. The van der Waals surface area contributed by atoms with Gasteiger partial charge in [-0.2, -0.15) is 11.8 Å². The van der Waals surface area contributed by atoms with E-state index in [0.29, 0.717) is 5.82 Å². The van der Waals surface area contributed by atoms with E-state index in [1.165, 1.54) is 69.4 Å². The standard InChI is InChI=1S/C19H29N5S/c20-19-18-17(22-13-23-19)15(9-21-18)11-24-8-7-14(10-24)12-25-16-5-3-1-2-4-6-16/h9,13-14,16,21H,1-8,10-12H2,(H2,20,22,23). The van der Waals surface area contributed by atoms with E-state index in [1.54, 1.807) is 6.33 Å². The first-order valence-corrected chi connectivity index (χ1v) is 10.7. The van der Waals surface area contributed by atoms with Gasteiger partial charge in [0.1, 0.15) is 11.8 Å². The molecular formula is C19H29N5S. The number of hydrogen-bond acceptors (Lipinski definition) is 5. The SMILES string of the molecule is Nc1ncnc2c(CN3CCC(CSC4CCCCCC4)C3)c[nH]c12. The van der Waals surface area contributed by atoms with E-state index in [9.17, 15) is 0 Å². The molecule has 1 atom stereocenters. The van der Waals surface area contributed by atoms with Gasteiger partial charge in [0.05, 0.1) is 5.52 Å².